The summed E-state index contributed by atoms with van der Waals surface area (Å²) in [6, 6.07) is 20.9. The fraction of sp³-hybridized carbons (Fsp3) is 0.400. The second-order valence-electron chi connectivity index (χ2n) is 8.58. The Kier molecular flexibility index (Phi) is 6.55. The van der Waals surface area contributed by atoms with Gasteiger partial charge in [0.25, 0.3) is 0 Å². The van der Waals surface area contributed by atoms with E-state index in [4.69, 9.17) is 0 Å². The van der Waals surface area contributed by atoms with Gasteiger partial charge in [0.1, 0.15) is 0 Å². The summed E-state index contributed by atoms with van der Waals surface area (Å²) >= 11 is 1.49. The van der Waals surface area contributed by atoms with Gasteiger partial charge in [0, 0.05) is 18.3 Å². The summed E-state index contributed by atoms with van der Waals surface area (Å²) in [6.45, 7) is 3.69. The van der Waals surface area contributed by atoms with Gasteiger partial charge in [-0.1, -0.05) is 60.3 Å². The lowest BCUT2D eigenvalue weighted by atomic mass is 10.2. The van der Waals surface area contributed by atoms with Gasteiger partial charge in [0.15, 0.2) is 11.0 Å². The molecule has 166 valence electrons. The Hall–Kier alpha value is -2.64. The highest BCUT2D eigenvalue weighted by Crippen LogP contribution is 2.30. The number of benzene rings is 2. The lowest BCUT2D eigenvalue weighted by molar-refractivity contribution is -0.129. The molecule has 1 aliphatic carbocycles. The Labute approximate surface area is 193 Å². The van der Waals surface area contributed by atoms with E-state index in [2.05, 4.69) is 43.9 Å². The highest BCUT2D eigenvalue weighted by atomic mass is 32.2. The molecule has 1 aromatic heterocycles. The van der Waals surface area contributed by atoms with E-state index in [0.29, 0.717) is 18.3 Å². The van der Waals surface area contributed by atoms with Crippen molar-refractivity contribution in [2.75, 3.05) is 18.8 Å². The normalized spacial score (nSPS) is 16.4. The average molecular weight is 448 g/mol. The standard InChI is InChI=1S/C25H29N5OS/c31-24(29(21-13-14-21)17-20-9-3-1-4-10-20)19-32-25-27-26-23(18-28-15-7-8-16-28)30(25)22-11-5-2-6-12-22/h1-6,9-12,21H,7-8,13-19H2. The van der Waals surface area contributed by atoms with Gasteiger partial charge >= 0.3 is 0 Å². The predicted molar refractivity (Wildman–Crippen MR) is 127 cm³/mol. The zero-order chi connectivity index (χ0) is 21.8. The highest BCUT2D eigenvalue weighted by molar-refractivity contribution is 7.99. The number of para-hydroxylation sites is 1. The number of aromatic nitrogens is 3. The number of carbonyl (C=O) groups excluding carboxylic acids is 1. The van der Waals surface area contributed by atoms with Gasteiger partial charge in [-0.05, 0) is 56.5 Å². The molecule has 1 saturated heterocycles. The lowest BCUT2D eigenvalue weighted by Crippen LogP contribution is -2.34. The topological polar surface area (TPSA) is 54.3 Å². The molecule has 2 aromatic carbocycles. The summed E-state index contributed by atoms with van der Waals surface area (Å²) in [5, 5.41) is 9.79. The van der Waals surface area contributed by atoms with Crippen LogP contribution in [0.3, 0.4) is 0 Å². The number of amides is 1. The van der Waals surface area contributed by atoms with Gasteiger partial charge in [0.05, 0.1) is 12.3 Å². The van der Waals surface area contributed by atoms with Gasteiger partial charge in [0.2, 0.25) is 5.91 Å². The molecular formula is C25H29N5OS. The van der Waals surface area contributed by atoms with E-state index in [1.807, 2.05) is 41.3 Å². The summed E-state index contributed by atoms with van der Waals surface area (Å²) < 4.78 is 2.12. The quantitative estimate of drug-likeness (QED) is 0.461. The average Bonchev–Trinajstić information content (AvgIpc) is 3.39. The molecule has 3 aromatic rings. The number of hydrogen-bond donors (Lipinski definition) is 0. The van der Waals surface area contributed by atoms with Crippen molar-refractivity contribution < 1.29 is 4.79 Å². The maximum atomic E-state index is 13.2. The van der Waals surface area contributed by atoms with E-state index >= 15 is 0 Å². The Morgan fingerprint density at radius 1 is 0.969 bits per heavy atom. The third kappa shape index (κ3) is 5.05. The van der Waals surface area contributed by atoms with Gasteiger partial charge < -0.3 is 4.90 Å². The number of likely N-dealkylation sites (tertiary alicyclic amines) is 1. The van der Waals surface area contributed by atoms with E-state index < -0.39 is 0 Å². The smallest absolute Gasteiger partial charge is 0.233 e. The number of hydrogen-bond acceptors (Lipinski definition) is 5. The van der Waals surface area contributed by atoms with Crippen LogP contribution in [0.1, 0.15) is 37.1 Å². The van der Waals surface area contributed by atoms with Crippen molar-refractivity contribution in [1.29, 1.82) is 0 Å². The molecular weight excluding hydrogens is 418 g/mol. The minimum atomic E-state index is 0.171. The lowest BCUT2D eigenvalue weighted by Gasteiger charge is -2.22. The van der Waals surface area contributed by atoms with Gasteiger partial charge in [-0.25, -0.2) is 0 Å². The van der Waals surface area contributed by atoms with Crippen molar-refractivity contribution in [2.24, 2.45) is 0 Å². The monoisotopic (exact) mass is 447 g/mol. The predicted octanol–water partition coefficient (Wildman–Crippen LogP) is 4.15. The number of rotatable bonds is 9. The summed E-state index contributed by atoms with van der Waals surface area (Å²) in [5.74, 6) is 1.49. The minimum absolute atomic E-state index is 0.171. The molecule has 7 heteroatoms. The largest absolute Gasteiger partial charge is 0.335 e. The highest BCUT2D eigenvalue weighted by Gasteiger charge is 2.32. The molecule has 6 nitrogen and oxygen atoms in total. The molecule has 2 heterocycles. The molecule has 32 heavy (non-hydrogen) atoms. The molecule has 5 rings (SSSR count). The molecule has 1 amide bonds. The van der Waals surface area contributed by atoms with E-state index in [0.717, 1.165) is 49.1 Å². The Morgan fingerprint density at radius 3 is 2.34 bits per heavy atom. The number of nitrogens with zero attached hydrogens (tertiary/aromatic N) is 5. The van der Waals surface area contributed by atoms with E-state index in [9.17, 15) is 4.79 Å². The van der Waals surface area contributed by atoms with E-state index in [-0.39, 0.29) is 5.91 Å². The molecule has 0 spiro atoms. The van der Waals surface area contributed by atoms with Crippen LogP contribution in [0.2, 0.25) is 0 Å². The van der Waals surface area contributed by atoms with Crippen LogP contribution in [0.15, 0.2) is 65.8 Å². The van der Waals surface area contributed by atoms with E-state index in [1.165, 1.54) is 30.2 Å². The van der Waals surface area contributed by atoms with Crippen molar-refractivity contribution in [2.45, 2.75) is 50.0 Å². The van der Waals surface area contributed by atoms with Crippen LogP contribution in [0.4, 0.5) is 0 Å². The Balaban J connectivity index is 1.32. The first-order chi connectivity index (χ1) is 15.8. The first-order valence-corrected chi connectivity index (χ1v) is 12.4. The third-order valence-corrected chi connectivity index (χ3v) is 7.02. The minimum Gasteiger partial charge on any atom is -0.335 e. The second-order valence-corrected chi connectivity index (χ2v) is 9.52. The summed E-state index contributed by atoms with van der Waals surface area (Å²) in [5.41, 5.74) is 2.23. The molecule has 0 unspecified atom stereocenters. The molecule has 0 N–H and O–H groups in total. The van der Waals surface area contributed by atoms with Crippen molar-refractivity contribution >= 4 is 17.7 Å². The van der Waals surface area contributed by atoms with Crippen molar-refractivity contribution in [1.82, 2.24) is 24.6 Å². The van der Waals surface area contributed by atoms with Gasteiger partial charge in [-0.3, -0.25) is 14.3 Å². The zero-order valence-corrected chi connectivity index (χ0v) is 19.1. The summed E-state index contributed by atoms with van der Waals surface area (Å²) in [7, 11) is 0. The van der Waals surface area contributed by atoms with Crippen molar-refractivity contribution in [3.8, 4) is 5.69 Å². The van der Waals surface area contributed by atoms with Crippen LogP contribution in [-0.2, 0) is 17.9 Å². The molecule has 2 fully saturated rings. The van der Waals surface area contributed by atoms with Crippen LogP contribution in [0.25, 0.3) is 5.69 Å². The number of carbonyl (C=O) groups is 1. The fourth-order valence-electron chi connectivity index (χ4n) is 4.27. The third-order valence-electron chi connectivity index (χ3n) is 6.11. The fourth-order valence-corrected chi connectivity index (χ4v) is 5.13. The van der Waals surface area contributed by atoms with E-state index in [1.54, 1.807) is 0 Å². The second kappa shape index (κ2) is 9.88. The van der Waals surface area contributed by atoms with Crippen LogP contribution in [-0.4, -0.2) is 55.4 Å². The van der Waals surface area contributed by atoms with Crippen LogP contribution < -0.4 is 0 Å². The first kappa shape index (κ1) is 21.2. The molecule has 2 aliphatic rings. The summed E-state index contributed by atoms with van der Waals surface area (Å²) in [4.78, 5) is 17.6. The first-order valence-electron chi connectivity index (χ1n) is 11.5. The molecule has 1 aliphatic heterocycles. The molecule has 0 bridgehead atoms. The zero-order valence-electron chi connectivity index (χ0n) is 18.3. The SMILES string of the molecule is O=C(CSc1nnc(CN2CCCC2)n1-c1ccccc1)N(Cc1ccccc1)C1CC1. The summed E-state index contributed by atoms with van der Waals surface area (Å²) in [6.07, 6.45) is 4.69. The molecule has 0 radical (unpaired) electrons. The van der Waals surface area contributed by atoms with Crippen LogP contribution in [0.5, 0.6) is 0 Å². The van der Waals surface area contributed by atoms with Gasteiger partial charge in [-0.15, -0.1) is 10.2 Å². The Bertz CT molecular complexity index is 1030. The van der Waals surface area contributed by atoms with Crippen LogP contribution >= 0.6 is 11.8 Å². The number of thioether (sulfide) groups is 1. The molecule has 1 saturated carbocycles. The van der Waals surface area contributed by atoms with Crippen molar-refractivity contribution in [3.63, 3.8) is 0 Å². The Morgan fingerprint density at radius 2 is 1.66 bits per heavy atom. The maximum Gasteiger partial charge on any atom is 0.233 e. The van der Waals surface area contributed by atoms with Crippen molar-refractivity contribution in [3.05, 3.63) is 72.1 Å². The molecule has 0 atom stereocenters. The maximum absolute atomic E-state index is 13.2. The van der Waals surface area contributed by atoms with Gasteiger partial charge in [-0.2, -0.15) is 0 Å². The van der Waals surface area contributed by atoms with Crippen LogP contribution in [0, 0.1) is 0 Å².